The van der Waals surface area contributed by atoms with Crippen LogP contribution in [-0.2, 0) is 4.79 Å². The standard InChI is InChI=1S/C15H13ClN6O2/c16-10-7-8(1-2-11(10)24-6-4-17)20-12-9-3-5-19-15(9)22-21-13(12)14(18)23/h1-3,5,7,19-22H,6H2,(H2,18,23)/p+1. The number of nitrogens with zero attached hydrogens (tertiary/aromatic N) is 1. The van der Waals surface area contributed by atoms with Gasteiger partial charge in [-0.3, -0.25) is 4.79 Å². The Morgan fingerprint density at radius 3 is 3.00 bits per heavy atom. The molecule has 122 valence electrons. The van der Waals surface area contributed by atoms with Crippen molar-refractivity contribution < 1.29 is 15.0 Å². The van der Waals surface area contributed by atoms with Crippen molar-refractivity contribution in [3.63, 3.8) is 0 Å². The van der Waals surface area contributed by atoms with Crippen molar-refractivity contribution in [2.24, 2.45) is 5.73 Å². The second-order valence-corrected chi connectivity index (χ2v) is 5.33. The van der Waals surface area contributed by atoms with Gasteiger partial charge in [0.2, 0.25) is 5.82 Å². The van der Waals surface area contributed by atoms with Crippen LogP contribution in [0.3, 0.4) is 0 Å². The second kappa shape index (κ2) is 6.54. The van der Waals surface area contributed by atoms with Crippen molar-refractivity contribution in [3.8, 4) is 11.8 Å². The molecule has 0 saturated heterocycles. The Labute approximate surface area is 142 Å². The summed E-state index contributed by atoms with van der Waals surface area (Å²) in [6, 6.07) is 8.74. The number of fused-ring (bicyclic) bond motifs is 1. The van der Waals surface area contributed by atoms with Gasteiger partial charge in [0.05, 0.1) is 16.3 Å². The lowest BCUT2D eigenvalue weighted by Crippen LogP contribution is -2.89. The van der Waals surface area contributed by atoms with Crippen molar-refractivity contribution in [2.45, 2.75) is 0 Å². The van der Waals surface area contributed by atoms with Gasteiger partial charge in [0.1, 0.15) is 11.8 Å². The number of benzene rings is 1. The maximum atomic E-state index is 11.7. The van der Waals surface area contributed by atoms with Gasteiger partial charge < -0.3 is 20.8 Å². The molecule has 2 heterocycles. The lowest BCUT2D eigenvalue weighted by Gasteiger charge is -2.19. The summed E-state index contributed by atoms with van der Waals surface area (Å²) in [5, 5.41) is 12.0. The van der Waals surface area contributed by atoms with Gasteiger partial charge in [-0.15, -0.1) is 0 Å². The molecule has 0 bridgehead atoms. The van der Waals surface area contributed by atoms with Crippen LogP contribution in [0.1, 0.15) is 5.56 Å². The fourth-order valence-electron chi connectivity index (χ4n) is 2.35. The fraction of sp³-hybridized carbons (Fsp3) is 0.0667. The smallest absolute Gasteiger partial charge is 0.272 e. The van der Waals surface area contributed by atoms with E-state index in [-0.39, 0.29) is 12.3 Å². The number of hydrogen-bond acceptors (Lipinski definition) is 5. The van der Waals surface area contributed by atoms with Crippen molar-refractivity contribution in [1.82, 2.24) is 10.4 Å². The van der Waals surface area contributed by atoms with Crippen molar-refractivity contribution in [3.05, 3.63) is 46.7 Å². The van der Waals surface area contributed by atoms with E-state index < -0.39 is 5.91 Å². The van der Waals surface area contributed by atoms with E-state index in [4.69, 9.17) is 27.3 Å². The van der Waals surface area contributed by atoms with Crippen LogP contribution in [0.2, 0.25) is 5.02 Å². The average Bonchev–Trinajstić information content (AvgIpc) is 3.03. The molecule has 0 fully saturated rings. The largest absolute Gasteiger partial charge is 0.477 e. The van der Waals surface area contributed by atoms with Gasteiger partial charge in [0, 0.05) is 11.9 Å². The van der Waals surface area contributed by atoms with E-state index in [0.717, 1.165) is 11.4 Å². The third-order valence-electron chi connectivity index (χ3n) is 3.40. The molecule has 7 N–H and O–H groups in total. The molecule has 1 aromatic carbocycles. The summed E-state index contributed by atoms with van der Waals surface area (Å²) >= 11 is 6.15. The first kappa shape index (κ1) is 15.7. The third kappa shape index (κ3) is 2.99. The summed E-state index contributed by atoms with van der Waals surface area (Å²) in [6.07, 6.45) is 1.76. The Bertz CT molecular complexity index is 867. The molecule has 1 aliphatic heterocycles. The number of halogens is 1. The molecular weight excluding hydrogens is 332 g/mol. The first-order valence-corrected chi connectivity index (χ1v) is 7.36. The highest BCUT2D eigenvalue weighted by Crippen LogP contribution is 2.31. The first-order valence-electron chi connectivity index (χ1n) is 6.98. The Morgan fingerprint density at radius 2 is 2.29 bits per heavy atom. The van der Waals surface area contributed by atoms with Gasteiger partial charge in [-0.05, 0) is 24.3 Å². The van der Waals surface area contributed by atoms with Crippen LogP contribution in [0.15, 0.2) is 36.2 Å². The highest BCUT2D eigenvalue weighted by Gasteiger charge is 2.26. The number of nitrogens with one attached hydrogen (secondary N) is 3. The van der Waals surface area contributed by atoms with Crippen LogP contribution >= 0.6 is 11.6 Å². The molecule has 1 aromatic heterocycles. The quantitative estimate of drug-likeness (QED) is 0.505. The number of hydrogen-bond donors (Lipinski definition) is 5. The number of aromatic amines is 1. The van der Waals surface area contributed by atoms with Gasteiger partial charge in [-0.1, -0.05) is 11.6 Å². The summed E-state index contributed by atoms with van der Waals surface area (Å²) in [4.78, 5) is 14.7. The van der Waals surface area contributed by atoms with Gasteiger partial charge in [-0.2, -0.15) is 10.7 Å². The summed E-state index contributed by atoms with van der Waals surface area (Å²) in [5.74, 6) is 0.647. The number of carbonyl (C=O) groups is 1. The van der Waals surface area contributed by atoms with Crippen molar-refractivity contribution >= 4 is 34.7 Å². The molecular formula is C15H14ClN6O2+. The zero-order valence-corrected chi connectivity index (χ0v) is 13.1. The van der Waals surface area contributed by atoms with E-state index in [0.29, 0.717) is 22.2 Å². The van der Waals surface area contributed by atoms with Crippen LogP contribution in [0.5, 0.6) is 5.75 Å². The monoisotopic (exact) mass is 345 g/mol. The second-order valence-electron chi connectivity index (χ2n) is 4.92. The van der Waals surface area contributed by atoms with E-state index in [2.05, 4.69) is 15.7 Å². The van der Waals surface area contributed by atoms with Crippen LogP contribution in [0.25, 0.3) is 5.70 Å². The molecule has 0 radical (unpaired) electrons. The number of nitrogens with two attached hydrogens (primary N) is 2. The number of ether oxygens (including phenoxy) is 1. The first-order chi connectivity index (χ1) is 11.6. The highest BCUT2D eigenvalue weighted by molar-refractivity contribution is 6.32. The Balaban J connectivity index is 1.93. The zero-order chi connectivity index (χ0) is 17.1. The number of anilines is 1. The normalized spacial score (nSPS) is 12.8. The molecule has 3 rings (SSSR count). The van der Waals surface area contributed by atoms with Crippen LogP contribution in [-0.4, -0.2) is 17.5 Å². The van der Waals surface area contributed by atoms with Gasteiger partial charge in [0.25, 0.3) is 5.91 Å². The number of nitriles is 1. The maximum Gasteiger partial charge on any atom is 0.272 e. The fourth-order valence-corrected chi connectivity index (χ4v) is 2.58. The van der Waals surface area contributed by atoms with Crippen molar-refractivity contribution in [1.29, 1.82) is 5.26 Å². The molecule has 0 unspecified atom stereocenters. The minimum Gasteiger partial charge on any atom is -0.477 e. The predicted octanol–water partition coefficient (Wildman–Crippen LogP) is 0.550. The number of aromatic nitrogens is 1. The van der Waals surface area contributed by atoms with E-state index in [1.165, 1.54) is 0 Å². The summed E-state index contributed by atoms with van der Waals surface area (Å²) in [5.41, 5.74) is 12.2. The van der Waals surface area contributed by atoms with Crippen LogP contribution in [0, 0.1) is 11.3 Å². The number of rotatable bonds is 5. The SMILES string of the molecule is N#CCOc1ccc(NC2=C(C(N)=O)N[NH2+]c3[nH]ccc32)cc1Cl. The number of H-pyrrole nitrogens is 1. The number of carbonyl (C=O) groups excluding carboxylic acids is 1. The summed E-state index contributed by atoms with van der Waals surface area (Å²) < 4.78 is 5.20. The topological polar surface area (TPSA) is 133 Å². The molecule has 0 aliphatic carbocycles. The molecule has 9 heteroatoms. The molecule has 24 heavy (non-hydrogen) atoms. The minimum absolute atomic E-state index is 0.0874. The van der Waals surface area contributed by atoms with Crippen LogP contribution < -0.4 is 26.6 Å². The van der Waals surface area contributed by atoms with Crippen molar-refractivity contribution in [2.75, 3.05) is 11.9 Å². The third-order valence-corrected chi connectivity index (χ3v) is 3.69. The molecule has 2 aromatic rings. The minimum atomic E-state index is -0.583. The Hall–Kier alpha value is -3.15. The molecule has 1 amide bonds. The number of primary amides is 1. The molecule has 0 saturated carbocycles. The predicted molar refractivity (Wildman–Crippen MR) is 87.8 cm³/mol. The molecule has 0 spiro atoms. The van der Waals surface area contributed by atoms with Gasteiger partial charge >= 0.3 is 0 Å². The van der Waals surface area contributed by atoms with E-state index >= 15 is 0 Å². The Morgan fingerprint density at radius 1 is 1.46 bits per heavy atom. The average molecular weight is 346 g/mol. The van der Waals surface area contributed by atoms with E-state index in [1.807, 2.05) is 12.1 Å². The lowest BCUT2D eigenvalue weighted by atomic mass is 10.1. The number of amides is 1. The Kier molecular flexibility index (Phi) is 4.29. The van der Waals surface area contributed by atoms with E-state index in [9.17, 15) is 4.79 Å². The molecule has 1 aliphatic rings. The summed E-state index contributed by atoms with van der Waals surface area (Å²) in [7, 11) is 0. The molecule has 8 nitrogen and oxygen atoms in total. The molecule has 0 atom stereocenters. The lowest BCUT2D eigenvalue weighted by molar-refractivity contribution is -0.629. The van der Waals surface area contributed by atoms with E-state index in [1.54, 1.807) is 29.8 Å². The number of quaternary nitrogens is 1. The van der Waals surface area contributed by atoms with Gasteiger partial charge in [0.15, 0.2) is 12.3 Å². The van der Waals surface area contributed by atoms with Crippen LogP contribution in [0.4, 0.5) is 11.5 Å². The maximum absolute atomic E-state index is 11.7. The zero-order valence-electron chi connectivity index (χ0n) is 12.4. The summed E-state index contributed by atoms with van der Waals surface area (Å²) in [6.45, 7) is -0.0874. The van der Waals surface area contributed by atoms with Gasteiger partial charge in [-0.25, -0.2) is 5.43 Å². The highest BCUT2D eigenvalue weighted by atomic mass is 35.5.